The fourth-order valence-electron chi connectivity index (χ4n) is 2.67. The molecule has 1 aromatic rings. The minimum absolute atomic E-state index is 0.413. The van der Waals surface area contributed by atoms with E-state index in [0.717, 1.165) is 32.8 Å². The molecule has 0 aromatic heterocycles. The molecule has 0 amide bonds. The molecule has 20 heavy (non-hydrogen) atoms. The van der Waals surface area contributed by atoms with E-state index in [1.807, 2.05) is 0 Å². The maximum absolute atomic E-state index is 5.53. The first-order chi connectivity index (χ1) is 9.70. The third-order valence-electron chi connectivity index (χ3n) is 4.04. The van der Waals surface area contributed by atoms with Crippen molar-refractivity contribution in [2.24, 2.45) is 0 Å². The van der Waals surface area contributed by atoms with Crippen LogP contribution < -0.4 is 5.32 Å². The largest absolute Gasteiger partial charge is 0.379 e. The van der Waals surface area contributed by atoms with Crippen molar-refractivity contribution in [2.75, 3.05) is 32.8 Å². The average molecular weight is 276 g/mol. The van der Waals surface area contributed by atoms with Gasteiger partial charge in [-0.25, -0.2) is 0 Å². The molecule has 1 aliphatic rings. The second kappa shape index (κ2) is 7.77. The number of nitrogens with zero attached hydrogens (tertiary/aromatic N) is 1. The highest BCUT2D eigenvalue weighted by atomic mass is 16.5. The zero-order valence-corrected chi connectivity index (χ0v) is 13.1. The van der Waals surface area contributed by atoms with Gasteiger partial charge in [0.15, 0.2) is 0 Å². The molecule has 0 aliphatic carbocycles. The first kappa shape index (κ1) is 15.5. The molecule has 112 valence electrons. The molecule has 2 unspecified atom stereocenters. The number of rotatable bonds is 6. The van der Waals surface area contributed by atoms with Gasteiger partial charge in [-0.3, -0.25) is 4.90 Å². The van der Waals surface area contributed by atoms with E-state index in [1.165, 1.54) is 17.5 Å². The molecule has 3 nitrogen and oxygen atoms in total. The minimum atomic E-state index is 0.413. The normalized spacial score (nSPS) is 21.9. The Kier molecular flexibility index (Phi) is 6.02. The molecular formula is C17H28N2O. The summed E-state index contributed by atoms with van der Waals surface area (Å²) in [7, 11) is 0. The Morgan fingerprint density at radius 1 is 1.35 bits per heavy atom. The Morgan fingerprint density at radius 3 is 2.75 bits per heavy atom. The van der Waals surface area contributed by atoms with Crippen molar-refractivity contribution in [3.63, 3.8) is 0 Å². The molecule has 2 rings (SSSR count). The predicted octanol–water partition coefficient (Wildman–Crippen LogP) is 2.76. The molecule has 1 N–H and O–H groups in total. The fraction of sp³-hybridized carbons (Fsp3) is 0.647. The molecule has 0 saturated carbocycles. The first-order valence-electron chi connectivity index (χ1n) is 7.82. The first-order valence-corrected chi connectivity index (χ1v) is 7.82. The number of morpholine rings is 1. The Morgan fingerprint density at radius 2 is 2.10 bits per heavy atom. The third-order valence-corrected chi connectivity index (χ3v) is 4.04. The highest BCUT2D eigenvalue weighted by Gasteiger charge is 2.22. The number of hydrogen-bond acceptors (Lipinski definition) is 3. The summed E-state index contributed by atoms with van der Waals surface area (Å²) in [5.74, 6) is 0. The second-order valence-electron chi connectivity index (χ2n) is 5.84. The van der Waals surface area contributed by atoms with E-state index < -0.39 is 0 Å². The lowest BCUT2D eigenvalue weighted by Crippen LogP contribution is -2.47. The van der Waals surface area contributed by atoms with Gasteiger partial charge in [0.1, 0.15) is 0 Å². The van der Waals surface area contributed by atoms with Crippen molar-refractivity contribution in [2.45, 2.75) is 39.3 Å². The van der Waals surface area contributed by atoms with E-state index in [-0.39, 0.29) is 0 Å². The van der Waals surface area contributed by atoms with Gasteiger partial charge in [0.2, 0.25) is 0 Å². The lowest BCUT2D eigenvalue weighted by Gasteiger charge is -2.36. The van der Waals surface area contributed by atoms with Crippen LogP contribution in [0.4, 0.5) is 0 Å². The molecule has 1 fully saturated rings. The SMILES string of the molecule is CCCNC(CN1CCOCC1C)c1ccc(C)cc1. The van der Waals surface area contributed by atoms with Gasteiger partial charge < -0.3 is 10.1 Å². The Hall–Kier alpha value is -0.900. The van der Waals surface area contributed by atoms with Crippen LogP contribution >= 0.6 is 0 Å². The maximum atomic E-state index is 5.53. The number of nitrogens with one attached hydrogen (secondary N) is 1. The predicted molar refractivity (Wildman–Crippen MR) is 84.1 cm³/mol. The third kappa shape index (κ3) is 4.30. The summed E-state index contributed by atoms with van der Waals surface area (Å²) >= 11 is 0. The summed E-state index contributed by atoms with van der Waals surface area (Å²) in [6, 6.07) is 9.86. The quantitative estimate of drug-likeness (QED) is 0.864. The summed E-state index contributed by atoms with van der Waals surface area (Å²) in [5.41, 5.74) is 2.71. The van der Waals surface area contributed by atoms with Gasteiger partial charge in [0, 0.05) is 25.2 Å². The van der Waals surface area contributed by atoms with E-state index in [4.69, 9.17) is 4.74 Å². The standard InChI is InChI=1S/C17H28N2O/c1-4-9-18-17(16-7-5-14(2)6-8-16)12-19-10-11-20-13-15(19)3/h5-8,15,17-18H,4,9-13H2,1-3H3. The molecule has 1 aliphatic heterocycles. The van der Waals surface area contributed by atoms with Gasteiger partial charge in [0.05, 0.1) is 13.2 Å². The van der Waals surface area contributed by atoms with E-state index in [1.54, 1.807) is 0 Å². The lowest BCUT2D eigenvalue weighted by atomic mass is 10.0. The van der Waals surface area contributed by atoms with Crippen LogP contribution in [0.3, 0.4) is 0 Å². The molecule has 0 radical (unpaired) electrons. The van der Waals surface area contributed by atoms with E-state index in [2.05, 4.69) is 55.3 Å². The van der Waals surface area contributed by atoms with E-state index in [9.17, 15) is 0 Å². The van der Waals surface area contributed by atoms with Gasteiger partial charge in [0.25, 0.3) is 0 Å². The molecule has 3 heteroatoms. The van der Waals surface area contributed by atoms with Crippen LogP contribution in [0.15, 0.2) is 24.3 Å². The number of benzene rings is 1. The molecular weight excluding hydrogens is 248 g/mol. The lowest BCUT2D eigenvalue weighted by molar-refractivity contribution is -0.00448. The van der Waals surface area contributed by atoms with Gasteiger partial charge in [-0.1, -0.05) is 36.8 Å². The van der Waals surface area contributed by atoms with Crippen LogP contribution in [0.25, 0.3) is 0 Å². The van der Waals surface area contributed by atoms with E-state index >= 15 is 0 Å². The highest BCUT2D eigenvalue weighted by molar-refractivity contribution is 5.24. The Labute approximate surface area is 123 Å². The minimum Gasteiger partial charge on any atom is -0.379 e. The van der Waals surface area contributed by atoms with Crippen molar-refractivity contribution in [1.82, 2.24) is 10.2 Å². The number of aryl methyl sites for hydroxylation is 1. The van der Waals surface area contributed by atoms with E-state index in [0.29, 0.717) is 12.1 Å². The summed E-state index contributed by atoms with van der Waals surface area (Å²) in [4.78, 5) is 2.54. The molecule has 0 bridgehead atoms. The summed E-state index contributed by atoms with van der Waals surface area (Å²) in [6.45, 7) is 11.5. The Balaban J connectivity index is 2.04. The summed E-state index contributed by atoms with van der Waals surface area (Å²) in [6.07, 6.45) is 1.17. The highest BCUT2D eigenvalue weighted by Crippen LogP contribution is 2.18. The van der Waals surface area contributed by atoms with Gasteiger partial charge in [-0.05, 0) is 32.4 Å². The zero-order valence-electron chi connectivity index (χ0n) is 13.1. The van der Waals surface area contributed by atoms with Crippen molar-refractivity contribution in [3.8, 4) is 0 Å². The van der Waals surface area contributed by atoms with Crippen LogP contribution in [0.1, 0.15) is 37.4 Å². The number of ether oxygens (including phenoxy) is 1. The Bertz CT molecular complexity index is 390. The fourth-order valence-corrected chi connectivity index (χ4v) is 2.67. The average Bonchev–Trinajstić information content (AvgIpc) is 2.46. The van der Waals surface area contributed by atoms with Crippen LogP contribution in [0.5, 0.6) is 0 Å². The van der Waals surface area contributed by atoms with Gasteiger partial charge in [-0.2, -0.15) is 0 Å². The van der Waals surface area contributed by atoms with Crippen LogP contribution in [0.2, 0.25) is 0 Å². The van der Waals surface area contributed by atoms with Gasteiger partial charge >= 0.3 is 0 Å². The van der Waals surface area contributed by atoms with Crippen molar-refractivity contribution < 1.29 is 4.74 Å². The van der Waals surface area contributed by atoms with Crippen LogP contribution in [-0.4, -0.2) is 43.8 Å². The topological polar surface area (TPSA) is 24.5 Å². The second-order valence-corrected chi connectivity index (χ2v) is 5.84. The van der Waals surface area contributed by atoms with Crippen LogP contribution in [0, 0.1) is 6.92 Å². The van der Waals surface area contributed by atoms with Crippen molar-refractivity contribution >= 4 is 0 Å². The molecule has 2 atom stereocenters. The summed E-state index contributed by atoms with van der Waals surface area (Å²) < 4.78 is 5.53. The number of hydrogen-bond donors (Lipinski definition) is 1. The molecule has 1 aromatic carbocycles. The molecule has 0 spiro atoms. The molecule has 1 saturated heterocycles. The maximum Gasteiger partial charge on any atom is 0.0619 e. The van der Waals surface area contributed by atoms with Crippen molar-refractivity contribution in [1.29, 1.82) is 0 Å². The monoisotopic (exact) mass is 276 g/mol. The zero-order chi connectivity index (χ0) is 14.4. The molecule has 1 heterocycles. The van der Waals surface area contributed by atoms with Crippen LogP contribution in [-0.2, 0) is 4.74 Å². The van der Waals surface area contributed by atoms with Gasteiger partial charge in [-0.15, -0.1) is 0 Å². The van der Waals surface area contributed by atoms with Crippen molar-refractivity contribution in [3.05, 3.63) is 35.4 Å². The summed E-state index contributed by atoms with van der Waals surface area (Å²) in [5, 5.41) is 3.69. The smallest absolute Gasteiger partial charge is 0.0619 e.